The molecule has 0 aromatic carbocycles. The fourth-order valence-corrected chi connectivity index (χ4v) is 4.78. The lowest BCUT2D eigenvalue weighted by Gasteiger charge is -2.33. The third-order valence-corrected chi connectivity index (χ3v) is 6.46. The average Bonchev–Trinajstić information content (AvgIpc) is 3.14. The van der Waals surface area contributed by atoms with Crippen LogP contribution < -0.4 is 5.56 Å². The second-order valence-electron chi connectivity index (χ2n) is 8.37. The lowest BCUT2D eigenvalue weighted by molar-refractivity contribution is -0.133. The predicted molar refractivity (Wildman–Crippen MR) is 100 cm³/mol. The van der Waals surface area contributed by atoms with E-state index in [1.165, 1.54) is 25.7 Å². The smallest absolute Gasteiger partial charge is 0.254 e. The number of carbonyl (C=O) groups is 1. The van der Waals surface area contributed by atoms with Gasteiger partial charge in [0.1, 0.15) is 5.82 Å². The van der Waals surface area contributed by atoms with E-state index < -0.39 is 0 Å². The van der Waals surface area contributed by atoms with Crippen LogP contribution in [0.3, 0.4) is 0 Å². The Kier molecular flexibility index (Phi) is 5.11. The van der Waals surface area contributed by atoms with E-state index in [9.17, 15) is 9.59 Å². The summed E-state index contributed by atoms with van der Waals surface area (Å²) < 4.78 is 0. The number of amides is 1. The molecule has 6 heteroatoms. The van der Waals surface area contributed by atoms with Crippen LogP contribution in [-0.4, -0.2) is 52.4 Å². The van der Waals surface area contributed by atoms with Gasteiger partial charge in [-0.25, -0.2) is 4.98 Å². The molecule has 26 heavy (non-hydrogen) atoms. The van der Waals surface area contributed by atoms with E-state index in [1.54, 1.807) is 0 Å². The van der Waals surface area contributed by atoms with Crippen molar-refractivity contribution >= 4 is 5.91 Å². The van der Waals surface area contributed by atoms with Crippen LogP contribution in [0, 0.1) is 5.92 Å². The summed E-state index contributed by atoms with van der Waals surface area (Å²) in [5, 5.41) is 0. The summed E-state index contributed by atoms with van der Waals surface area (Å²) in [6.45, 7) is 3.25. The summed E-state index contributed by atoms with van der Waals surface area (Å²) in [6.07, 6.45) is 8.31. The Bertz CT molecular complexity index is 715. The van der Waals surface area contributed by atoms with Gasteiger partial charge in [0.25, 0.3) is 5.56 Å². The summed E-state index contributed by atoms with van der Waals surface area (Å²) >= 11 is 0. The normalized spacial score (nSPS) is 22.6. The molecule has 1 amide bonds. The number of hydrogen-bond acceptors (Lipinski definition) is 4. The second-order valence-corrected chi connectivity index (χ2v) is 8.37. The highest BCUT2D eigenvalue weighted by Gasteiger charge is 2.28. The average molecular weight is 358 g/mol. The molecule has 1 aromatic rings. The Labute approximate surface area is 155 Å². The number of hydrogen-bond donors (Lipinski definition) is 1. The highest BCUT2D eigenvalue weighted by atomic mass is 16.2. The lowest BCUT2D eigenvalue weighted by Crippen LogP contribution is -2.39. The summed E-state index contributed by atoms with van der Waals surface area (Å²) in [7, 11) is 2.07. The van der Waals surface area contributed by atoms with Crippen LogP contribution in [0.4, 0.5) is 0 Å². The number of rotatable bonds is 3. The lowest BCUT2D eigenvalue weighted by atomic mass is 9.94. The van der Waals surface area contributed by atoms with Crippen molar-refractivity contribution in [2.24, 2.45) is 5.92 Å². The van der Waals surface area contributed by atoms with Gasteiger partial charge in [0.2, 0.25) is 5.91 Å². The standard InChI is InChI=1S/C20H30N4O2/c1-23-9-8-16-17(13-23)21-19(22-20(16)26)15-6-10-24(11-7-15)18(25)12-14-4-2-3-5-14/h14-15H,2-13H2,1H3,(H,21,22,26). The van der Waals surface area contributed by atoms with Gasteiger partial charge in [-0.2, -0.15) is 0 Å². The van der Waals surface area contributed by atoms with E-state index in [4.69, 9.17) is 4.98 Å². The quantitative estimate of drug-likeness (QED) is 0.898. The number of nitrogens with zero attached hydrogens (tertiary/aromatic N) is 3. The Morgan fingerprint density at radius 2 is 1.88 bits per heavy atom. The van der Waals surface area contributed by atoms with Crippen LogP contribution in [-0.2, 0) is 17.8 Å². The van der Waals surface area contributed by atoms with Crippen LogP contribution in [0.25, 0.3) is 0 Å². The van der Waals surface area contributed by atoms with Gasteiger partial charge in [0, 0.05) is 44.1 Å². The van der Waals surface area contributed by atoms with E-state index >= 15 is 0 Å². The van der Waals surface area contributed by atoms with Gasteiger partial charge in [-0.1, -0.05) is 12.8 Å². The third kappa shape index (κ3) is 3.70. The summed E-state index contributed by atoms with van der Waals surface area (Å²) in [5.41, 5.74) is 1.84. The van der Waals surface area contributed by atoms with E-state index in [0.29, 0.717) is 11.8 Å². The number of aromatic amines is 1. The molecule has 2 fully saturated rings. The van der Waals surface area contributed by atoms with Crippen LogP contribution in [0.2, 0.25) is 0 Å². The van der Waals surface area contributed by atoms with Gasteiger partial charge in [0.05, 0.1) is 5.69 Å². The Balaban J connectivity index is 1.38. The molecule has 0 bridgehead atoms. The van der Waals surface area contributed by atoms with Crippen LogP contribution in [0.15, 0.2) is 4.79 Å². The van der Waals surface area contributed by atoms with Crippen LogP contribution in [0.5, 0.6) is 0 Å². The molecule has 6 nitrogen and oxygen atoms in total. The minimum Gasteiger partial charge on any atom is -0.343 e. The fraction of sp³-hybridized carbons (Fsp3) is 0.750. The molecule has 142 valence electrons. The fourth-order valence-electron chi connectivity index (χ4n) is 4.78. The molecule has 1 N–H and O–H groups in total. The molecule has 0 radical (unpaired) electrons. The summed E-state index contributed by atoms with van der Waals surface area (Å²) in [6, 6.07) is 0. The van der Waals surface area contributed by atoms with Gasteiger partial charge >= 0.3 is 0 Å². The molecule has 1 saturated carbocycles. The number of H-pyrrole nitrogens is 1. The topological polar surface area (TPSA) is 69.3 Å². The number of piperidine rings is 1. The van der Waals surface area contributed by atoms with Crippen LogP contribution in [0.1, 0.15) is 67.9 Å². The highest BCUT2D eigenvalue weighted by Crippen LogP contribution is 2.30. The van der Waals surface area contributed by atoms with Crippen molar-refractivity contribution in [3.05, 3.63) is 27.4 Å². The maximum atomic E-state index is 12.5. The van der Waals surface area contributed by atoms with Crippen molar-refractivity contribution < 1.29 is 4.79 Å². The number of aromatic nitrogens is 2. The predicted octanol–water partition coefficient (Wildman–Crippen LogP) is 2.04. The van der Waals surface area contributed by atoms with Gasteiger partial charge in [0.15, 0.2) is 0 Å². The molecule has 0 spiro atoms. The second kappa shape index (κ2) is 7.51. The molecule has 3 heterocycles. The van der Waals surface area contributed by atoms with Gasteiger partial charge < -0.3 is 14.8 Å². The molecular formula is C20H30N4O2. The molecule has 3 aliphatic rings. The molecule has 1 aromatic heterocycles. The first-order valence-electron chi connectivity index (χ1n) is 10.2. The zero-order chi connectivity index (χ0) is 18.1. The number of nitrogens with one attached hydrogen (secondary N) is 1. The van der Waals surface area contributed by atoms with Gasteiger partial charge in [-0.05, 0) is 45.1 Å². The van der Waals surface area contributed by atoms with Crippen molar-refractivity contribution in [3.8, 4) is 0 Å². The van der Waals surface area contributed by atoms with Crippen molar-refractivity contribution in [3.63, 3.8) is 0 Å². The van der Waals surface area contributed by atoms with Crippen molar-refractivity contribution in [2.45, 2.75) is 63.8 Å². The van der Waals surface area contributed by atoms with Crippen molar-refractivity contribution in [1.29, 1.82) is 0 Å². The zero-order valence-electron chi connectivity index (χ0n) is 15.8. The first-order valence-corrected chi connectivity index (χ1v) is 10.2. The van der Waals surface area contributed by atoms with Crippen molar-refractivity contribution in [2.75, 3.05) is 26.7 Å². The number of likely N-dealkylation sites (N-methyl/N-ethyl adjacent to an activating group) is 1. The Hall–Kier alpha value is -1.69. The highest BCUT2D eigenvalue weighted by molar-refractivity contribution is 5.76. The Morgan fingerprint density at radius 3 is 2.62 bits per heavy atom. The van der Waals surface area contributed by atoms with E-state index in [2.05, 4.69) is 16.9 Å². The third-order valence-electron chi connectivity index (χ3n) is 6.46. The molecule has 0 unspecified atom stereocenters. The maximum absolute atomic E-state index is 12.5. The molecule has 2 aliphatic heterocycles. The summed E-state index contributed by atoms with van der Waals surface area (Å²) in [4.78, 5) is 37.0. The molecule has 1 saturated heterocycles. The molecular weight excluding hydrogens is 328 g/mol. The Morgan fingerprint density at radius 1 is 1.15 bits per heavy atom. The first kappa shape index (κ1) is 17.7. The minimum atomic E-state index is 0.0397. The number of carbonyl (C=O) groups excluding carboxylic acids is 1. The monoisotopic (exact) mass is 358 g/mol. The van der Waals surface area contributed by atoms with E-state index in [1.807, 2.05) is 4.90 Å². The van der Waals surface area contributed by atoms with Gasteiger partial charge in [-0.3, -0.25) is 9.59 Å². The largest absolute Gasteiger partial charge is 0.343 e. The van der Waals surface area contributed by atoms with E-state index in [0.717, 1.165) is 68.9 Å². The first-order chi connectivity index (χ1) is 12.6. The zero-order valence-corrected chi connectivity index (χ0v) is 15.8. The van der Waals surface area contributed by atoms with E-state index in [-0.39, 0.29) is 11.5 Å². The maximum Gasteiger partial charge on any atom is 0.254 e. The number of fused-ring (bicyclic) bond motifs is 1. The molecule has 4 rings (SSSR count). The minimum absolute atomic E-state index is 0.0397. The van der Waals surface area contributed by atoms with Crippen LogP contribution >= 0.6 is 0 Å². The van der Waals surface area contributed by atoms with Gasteiger partial charge in [-0.15, -0.1) is 0 Å². The molecule has 1 aliphatic carbocycles. The van der Waals surface area contributed by atoms with Crippen molar-refractivity contribution in [1.82, 2.24) is 19.8 Å². The summed E-state index contributed by atoms with van der Waals surface area (Å²) in [5.74, 6) is 2.02. The SMILES string of the molecule is CN1CCc2c(nc(C3CCN(C(=O)CC4CCCC4)CC3)[nH]c2=O)C1. The molecule has 0 atom stereocenters. The number of likely N-dealkylation sites (tertiary alicyclic amines) is 1.